The first-order chi connectivity index (χ1) is 15.7. The number of aryl methyl sites for hydroxylation is 1. The van der Waals surface area contributed by atoms with Gasteiger partial charge in [0.2, 0.25) is 5.91 Å². The van der Waals surface area contributed by atoms with E-state index in [1.807, 2.05) is 46.2 Å². The number of nitrogens with one attached hydrogen (secondary N) is 1. The minimum Gasteiger partial charge on any atom is -0.378 e. The lowest BCUT2D eigenvalue weighted by atomic mass is 9.97. The number of likely N-dealkylation sites (tertiary alicyclic amines) is 1. The third-order valence-electron chi connectivity index (χ3n) is 6.53. The van der Waals surface area contributed by atoms with E-state index in [9.17, 15) is 9.59 Å². The normalized spacial score (nSPS) is 19.6. The number of rotatable bonds is 7. The molecular weight excluding hydrogens is 402 g/mol. The van der Waals surface area contributed by atoms with Gasteiger partial charge in [0.25, 0.3) is 0 Å². The fourth-order valence-corrected chi connectivity index (χ4v) is 4.71. The van der Waals surface area contributed by atoms with Gasteiger partial charge in [0.15, 0.2) is 0 Å². The molecule has 2 aliphatic rings. The molecule has 0 bridgehead atoms. The Bertz CT molecular complexity index is 868. The summed E-state index contributed by atoms with van der Waals surface area (Å²) in [5.74, 6) is -0.328. The number of nitrogens with zero attached hydrogens (tertiary/aromatic N) is 2. The number of carbonyl (C=O) groups is 2. The molecule has 2 saturated heterocycles. The molecule has 1 N–H and O–H groups in total. The number of hydrogen-bond acceptors (Lipinski definition) is 3. The average Bonchev–Trinajstić information content (AvgIpc) is 3.33. The summed E-state index contributed by atoms with van der Waals surface area (Å²) in [6.45, 7) is 3.42. The van der Waals surface area contributed by atoms with E-state index < -0.39 is 0 Å². The highest BCUT2D eigenvalue weighted by molar-refractivity contribution is 5.85. The Morgan fingerprint density at radius 1 is 0.969 bits per heavy atom. The van der Waals surface area contributed by atoms with Crippen molar-refractivity contribution in [2.24, 2.45) is 0 Å². The van der Waals surface area contributed by atoms with Crippen molar-refractivity contribution >= 4 is 11.9 Å². The summed E-state index contributed by atoms with van der Waals surface area (Å²) < 4.78 is 5.40. The first-order valence-electron chi connectivity index (χ1n) is 11.7. The molecule has 0 aliphatic carbocycles. The van der Waals surface area contributed by atoms with E-state index in [0.29, 0.717) is 32.8 Å². The molecule has 0 saturated carbocycles. The Labute approximate surface area is 190 Å². The Morgan fingerprint density at radius 2 is 1.66 bits per heavy atom. The van der Waals surface area contributed by atoms with Crippen LogP contribution in [0.4, 0.5) is 4.79 Å². The number of urea groups is 1. The van der Waals surface area contributed by atoms with E-state index in [1.54, 1.807) is 0 Å². The SMILES string of the molecule is O=C(C(CNC(=O)N1CCCC1CCc1ccccc1)c1ccccc1)N1CCOCC1. The van der Waals surface area contributed by atoms with E-state index in [1.165, 1.54) is 5.56 Å². The maximum Gasteiger partial charge on any atom is 0.317 e. The molecule has 2 aliphatic heterocycles. The van der Waals surface area contributed by atoms with Crippen molar-refractivity contribution in [3.8, 4) is 0 Å². The second kappa shape index (κ2) is 11.1. The first kappa shape index (κ1) is 22.3. The number of benzene rings is 2. The molecule has 2 fully saturated rings. The molecule has 0 aromatic heterocycles. The third kappa shape index (κ3) is 5.68. The fourth-order valence-electron chi connectivity index (χ4n) is 4.71. The molecule has 2 unspecified atom stereocenters. The lowest BCUT2D eigenvalue weighted by Crippen LogP contribution is -2.48. The summed E-state index contributed by atoms with van der Waals surface area (Å²) in [6, 6.07) is 20.4. The quantitative estimate of drug-likeness (QED) is 0.725. The van der Waals surface area contributed by atoms with E-state index >= 15 is 0 Å². The van der Waals surface area contributed by atoms with Crippen molar-refractivity contribution in [1.29, 1.82) is 0 Å². The molecule has 170 valence electrons. The molecule has 32 heavy (non-hydrogen) atoms. The van der Waals surface area contributed by atoms with Gasteiger partial charge in [-0.3, -0.25) is 4.79 Å². The molecule has 4 rings (SSSR count). The van der Waals surface area contributed by atoms with Gasteiger partial charge in [-0.25, -0.2) is 4.79 Å². The smallest absolute Gasteiger partial charge is 0.317 e. The highest BCUT2D eigenvalue weighted by atomic mass is 16.5. The molecule has 2 aromatic carbocycles. The monoisotopic (exact) mass is 435 g/mol. The summed E-state index contributed by atoms with van der Waals surface area (Å²) in [5, 5.41) is 3.08. The van der Waals surface area contributed by atoms with Gasteiger partial charge >= 0.3 is 6.03 Å². The number of amides is 3. The molecule has 0 spiro atoms. The van der Waals surface area contributed by atoms with Crippen molar-refractivity contribution < 1.29 is 14.3 Å². The second-order valence-electron chi connectivity index (χ2n) is 8.60. The molecule has 3 amide bonds. The van der Waals surface area contributed by atoms with Gasteiger partial charge in [-0.1, -0.05) is 60.7 Å². The largest absolute Gasteiger partial charge is 0.378 e. The Balaban J connectivity index is 1.37. The van der Waals surface area contributed by atoms with Crippen LogP contribution in [0.2, 0.25) is 0 Å². The molecule has 2 atom stereocenters. The summed E-state index contributed by atoms with van der Waals surface area (Å²) in [6.07, 6.45) is 4.00. The van der Waals surface area contributed by atoms with Crippen LogP contribution in [-0.2, 0) is 16.0 Å². The van der Waals surface area contributed by atoms with Crippen LogP contribution in [0.5, 0.6) is 0 Å². The van der Waals surface area contributed by atoms with Crippen LogP contribution < -0.4 is 5.32 Å². The zero-order valence-corrected chi connectivity index (χ0v) is 18.6. The molecule has 0 radical (unpaired) electrons. The van der Waals surface area contributed by atoms with E-state index in [4.69, 9.17) is 4.74 Å². The Hall–Kier alpha value is -2.86. The van der Waals surface area contributed by atoms with Crippen LogP contribution in [-0.4, -0.2) is 67.2 Å². The maximum atomic E-state index is 13.3. The van der Waals surface area contributed by atoms with Crippen molar-refractivity contribution in [1.82, 2.24) is 15.1 Å². The van der Waals surface area contributed by atoms with Crippen LogP contribution in [0.15, 0.2) is 60.7 Å². The van der Waals surface area contributed by atoms with Gasteiger partial charge in [-0.2, -0.15) is 0 Å². The number of morpholine rings is 1. The van der Waals surface area contributed by atoms with Crippen molar-refractivity contribution in [2.75, 3.05) is 39.4 Å². The zero-order valence-electron chi connectivity index (χ0n) is 18.6. The van der Waals surface area contributed by atoms with Gasteiger partial charge in [0, 0.05) is 32.2 Å². The molecule has 6 heteroatoms. The Morgan fingerprint density at radius 3 is 2.38 bits per heavy atom. The number of ether oxygens (including phenoxy) is 1. The summed E-state index contributed by atoms with van der Waals surface area (Å²) in [5.41, 5.74) is 2.24. The van der Waals surface area contributed by atoms with Crippen LogP contribution in [0.3, 0.4) is 0 Å². The van der Waals surface area contributed by atoms with Crippen molar-refractivity contribution in [2.45, 2.75) is 37.6 Å². The van der Waals surface area contributed by atoms with Crippen LogP contribution in [0, 0.1) is 0 Å². The van der Waals surface area contributed by atoms with E-state index in [2.05, 4.69) is 29.6 Å². The summed E-state index contributed by atoms with van der Waals surface area (Å²) >= 11 is 0. The highest BCUT2D eigenvalue weighted by Crippen LogP contribution is 2.23. The molecular formula is C26H33N3O3. The predicted octanol–water partition coefficient (Wildman–Crippen LogP) is 3.44. The van der Waals surface area contributed by atoms with E-state index in [0.717, 1.165) is 37.8 Å². The lowest BCUT2D eigenvalue weighted by Gasteiger charge is -2.31. The van der Waals surface area contributed by atoms with Crippen LogP contribution in [0.1, 0.15) is 36.3 Å². The summed E-state index contributed by atoms with van der Waals surface area (Å²) in [4.78, 5) is 30.1. The third-order valence-corrected chi connectivity index (χ3v) is 6.53. The second-order valence-corrected chi connectivity index (χ2v) is 8.60. The zero-order chi connectivity index (χ0) is 22.2. The topological polar surface area (TPSA) is 61.9 Å². The number of carbonyl (C=O) groups excluding carboxylic acids is 2. The predicted molar refractivity (Wildman–Crippen MR) is 124 cm³/mol. The average molecular weight is 436 g/mol. The summed E-state index contributed by atoms with van der Waals surface area (Å²) in [7, 11) is 0. The lowest BCUT2D eigenvalue weighted by molar-refractivity contribution is -0.136. The van der Waals surface area contributed by atoms with E-state index in [-0.39, 0.29) is 23.9 Å². The molecule has 2 heterocycles. The standard InChI is InChI=1S/C26H33N3O3/c30-25(28-16-18-32-19-17-28)24(22-10-5-2-6-11-22)20-27-26(31)29-15-7-12-23(29)14-13-21-8-3-1-4-9-21/h1-6,8-11,23-24H,7,12-20H2,(H,27,31). The van der Waals surface area contributed by atoms with Gasteiger partial charge in [0.05, 0.1) is 19.1 Å². The van der Waals surface area contributed by atoms with Gasteiger partial charge < -0.3 is 19.9 Å². The Kier molecular flexibility index (Phi) is 7.77. The minimum atomic E-state index is -0.386. The first-order valence-corrected chi connectivity index (χ1v) is 11.7. The van der Waals surface area contributed by atoms with Crippen molar-refractivity contribution in [3.63, 3.8) is 0 Å². The maximum absolute atomic E-state index is 13.3. The van der Waals surface area contributed by atoms with Gasteiger partial charge in [-0.15, -0.1) is 0 Å². The van der Waals surface area contributed by atoms with Crippen LogP contribution in [0.25, 0.3) is 0 Å². The minimum absolute atomic E-state index is 0.0573. The van der Waals surface area contributed by atoms with Gasteiger partial charge in [-0.05, 0) is 36.8 Å². The highest BCUT2D eigenvalue weighted by Gasteiger charge is 2.31. The fraction of sp³-hybridized carbons (Fsp3) is 0.462. The number of hydrogen-bond donors (Lipinski definition) is 1. The van der Waals surface area contributed by atoms with Crippen molar-refractivity contribution in [3.05, 3.63) is 71.8 Å². The van der Waals surface area contributed by atoms with Crippen LogP contribution >= 0.6 is 0 Å². The molecule has 2 aromatic rings. The van der Waals surface area contributed by atoms with Gasteiger partial charge in [0.1, 0.15) is 0 Å². The molecule has 6 nitrogen and oxygen atoms in total.